The lowest BCUT2D eigenvalue weighted by molar-refractivity contribution is -0.149. The van der Waals surface area contributed by atoms with Crippen LogP contribution in [0.25, 0.3) is 0 Å². The predicted octanol–water partition coefficient (Wildman–Crippen LogP) is -0.719. The lowest BCUT2D eigenvalue weighted by atomic mass is 10.1. The fraction of sp³-hybridized carbons (Fsp3) is 0.308. The second-order valence-electron chi connectivity index (χ2n) is 4.30. The summed E-state index contributed by atoms with van der Waals surface area (Å²) in [6.07, 6.45) is -1.42. The van der Waals surface area contributed by atoms with Gasteiger partial charge < -0.3 is 25.2 Å². The van der Waals surface area contributed by atoms with Crippen molar-refractivity contribution < 1.29 is 29.0 Å². The molecule has 1 aliphatic heterocycles. The molecule has 1 atom stereocenters. The topological polar surface area (TPSA) is 114 Å². The van der Waals surface area contributed by atoms with E-state index in [0.29, 0.717) is 11.4 Å². The SMILES string of the molecule is COC(=O)C(O)CNC(=O)c1ccc2c(c1)OCC(=O)N2. The molecule has 1 heterocycles. The zero-order valence-electron chi connectivity index (χ0n) is 11.2. The van der Waals surface area contributed by atoms with E-state index in [-0.39, 0.29) is 24.6 Å². The molecule has 21 heavy (non-hydrogen) atoms. The average Bonchev–Trinajstić information content (AvgIpc) is 2.50. The minimum absolute atomic E-state index is 0.112. The van der Waals surface area contributed by atoms with Gasteiger partial charge in [-0.3, -0.25) is 9.59 Å². The van der Waals surface area contributed by atoms with Gasteiger partial charge in [-0.15, -0.1) is 0 Å². The Balaban J connectivity index is 2.00. The van der Waals surface area contributed by atoms with Crippen LogP contribution in [-0.2, 0) is 14.3 Å². The zero-order chi connectivity index (χ0) is 15.4. The van der Waals surface area contributed by atoms with Gasteiger partial charge in [-0.25, -0.2) is 4.79 Å². The van der Waals surface area contributed by atoms with Crippen LogP contribution >= 0.6 is 0 Å². The molecule has 3 N–H and O–H groups in total. The summed E-state index contributed by atoms with van der Waals surface area (Å²) in [5, 5.41) is 14.4. The molecule has 0 aliphatic carbocycles. The van der Waals surface area contributed by atoms with E-state index < -0.39 is 18.0 Å². The Morgan fingerprint density at radius 3 is 3.00 bits per heavy atom. The van der Waals surface area contributed by atoms with Gasteiger partial charge in [-0.1, -0.05) is 0 Å². The van der Waals surface area contributed by atoms with Gasteiger partial charge in [0.1, 0.15) is 5.75 Å². The maximum Gasteiger partial charge on any atom is 0.336 e. The third kappa shape index (κ3) is 3.48. The number of amides is 2. The molecule has 0 aromatic heterocycles. The molecule has 0 radical (unpaired) electrons. The van der Waals surface area contributed by atoms with Crippen molar-refractivity contribution in [2.75, 3.05) is 25.6 Å². The first kappa shape index (κ1) is 14.8. The van der Waals surface area contributed by atoms with Crippen molar-refractivity contribution in [2.45, 2.75) is 6.10 Å². The van der Waals surface area contributed by atoms with Crippen LogP contribution in [0.3, 0.4) is 0 Å². The number of benzene rings is 1. The minimum atomic E-state index is -1.42. The van der Waals surface area contributed by atoms with Crippen molar-refractivity contribution >= 4 is 23.5 Å². The molecule has 0 saturated heterocycles. The van der Waals surface area contributed by atoms with E-state index in [2.05, 4.69) is 15.4 Å². The van der Waals surface area contributed by atoms with Crippen molar-refractivity contribution in [2.24, 2.45) is 0 Å². The molecule has 2 rings (SSSR count). The van der Waals surface area contributed by atoms with Gasteiger partial charge in [0.05, 0.1) is 19.3 Å². The van der Waals surface area contributed by atoms with E-state index in [1.54, 1.807) is 0 Å². The number of aliphatic hydroxyl groups excluding tert-OH is 1. The monoisotopic (exact) mass is 294 g/mol. The molecule has 1 aromatic rings. The van der Waals surface area contributed by atoms with Crippen molar-refractivity contribution in [1.29, 1.82) is 0 Å². The van der Waals surface area contributed by atoms with Gasteiger partial charge >= 0.3 is 5.97 Å². The summed E-state index contributed by atoms with van der Waals surface area (Å²) < 4.78 is 9.53. The normalized spacial score (nSPS) is 14.3. The molecule has 8 nitrogen and oxygen atoms in total. The Labute approximate surface area is 120 Å². The maximum absolute atomic E-state index is 11.9. The Morgan fingerprint density at radius 1 is 1.52 bits per heavy atom. The second kappa shape index (κ2) is 6.23. The Kier molecular flexibility index (Phi) is 4.39. The summed E-state index contributed by atoms with van der Waals surface area (Å²) in [5.41, 5.74) is 0.763. The molecule has 0 bridgehead atoms. The van der Waals surface area contributed by atoms with E-state index in [1.165, 1.54) is 18.2 Å². The Hall–Kier alpha value is -2.61. The fourth-order valence-electron chi connectivity index (χ4n) is 1.73. The van der Waals surface area contributed by atoms with Crippen LogP contribution in [0.2, 0.25) is 0 Å². The highest BCUT2D eigenvalue weighted by atomic mass is 16.5. The number of ether oxygens (including phenoxy) is 2. The predicted molar refractivity (Wildman–Crippen MR) is 70.9 cm³/mol. The quantitative estimate of drug-likeness (QED) is 0.632. The van der Waals surface area contributed by atoms with Crippen LogP contribution < -0.4 is 15.4 Å². The van der Waals surface area contributed by atoms with Crippen molar-refractivity contribution in [3.63, 3.8) is 0 Å². The first-order chi connectivity index (χ1) is 10.0. The fourth-order valence-corrected chi connectivity index (χ4v) is 1.73. The maximum atomic E-state index is 11.9. The number of hydrogen-bond donors (Lipinski definition) is 3. The van der Waals surface area contributed by atoms with E-state index in [1.807, 2.05) is 0 Å². The Bertz CT molecular complexity index is 586. The minimum Gasteiger partial charge on any atom is -0.482 e. The number of fused-ring (bicyclic) bond motifs is 1. The van der Waals surface area contributed by atoms with E-state index in [4.69, 9.17) is 4.74 Å². The molecule has 0 fully saturated rings. The van der Waals surface area contributed by atoms with Crippen LogP contribution in [0.5, 0.6) is 5.75 Å². The number of methoxy groups -OCH3 is 1. The van der Waals surface area contributed by atoms with Gasteiger partial charge in [0.25, 0.3) is 11.8 Å². The first-order valence-corrected chi connectivity index (χ1v) is 6.12. The van der Waals surface area contributed by atoms with Gasteiger partial charge in [-0.05, 0) is 18.2 Å². The number of carbonyl (C=O) groups is 3. The van der Waals surface area contributed by atoms with Crippen LogP contribution in [0.15, 0.2) is 18.2 Å². The molecule has 0 spiro atoms. The molecule has 0 saturated carbocycles. The molecule has 1 aromatic carbocycles. The van der Waals surface area contributed by atoms with Crippen molar-refractivity contribution in [1.82, 2.24) is 5.32 Å². The zero-order valence-corrected chi connectivity index (χ0v) is 11.2. The smallest absolute Gasteiger partial charge is 0.336 e. The number of nitrogens with one attached hydrogen (secondary N) is 2. The second-order valence-corrected chi connectivity index (χ2v) is 4.30. The van der Waals surface area contributed by atoms with Gasteiger partial charge in [-0.2, -0.15) is 0 Å². The molecule has 8 heteroatoms. The summed E-state index contributed by atoms with van der Waals surface area (Å²) in [5.74, 6) is -1.19. The molecule has 2 amide bonds. The highest BCUT2D eigenvalue weighted by molar-refractivity contribution is 5.99. The van der Waals surface area contributed by atoms with Crippen molar-refractivity contribution in [3.8, 4) is 5.75 Å². The molecular weight excluding hydrogens is 280 g/mol. The van der Waals surface area contributed by atoms with Crippen molar-refractivity contribution in [3.05, 3.63) is 23.8 Å². The third-order valence-corrected chi connectivity index (χ3v) is 2.81. The van der Waals surface area contributed by atoms with E-state index in [9.17, 15) is 19.5 Å². The van der Waals surface area contributed by atoms with Crippen LogP contribution in [0.4, 0.5) is 5.69 Å². The molecular formula is C13H14N2O6. The van der Waals surface area contributed by atoms with Gasteiger partial charge in [0.2, 0.25) is 0 Å². The Morgan fingerprint density at radius 2 is 2.29 bits per heavy atom. The first-order valence-electron chi connectivity index (χ1n) is 6.12. The summed E-state index contributed by atoms with van der Waals surface area (Å²) in [6, 6.07) is 4.50. The molecule has 112 valence electrons. The number of hydrogen-bond acceptors (Lipinski definition) is 6. The highest BCUT2D eigenvalue weighted by Crippen LogP contribution is 2.28. The third-order valence-electron chi connectivity index (χ3n) is 2.81. The molecule has 1 unspecified atom stereocenters. The summed E-state index contributed by atoms with van der Waals surface area (Å²) in [6.45, 7) is -0.376. The number of anilines is 1. The van der Waals surface area contributed by atoms with Crippen LogP contribution in [0, 0.1) is 0 Å². The number of carbonyl (C=O) groups excluding carboxylic acids is 3. The standard InChI is InChI=1S/C13H14N2O6/c1-20-13(19)9(16)5-14-12(18)7-2-3-8-10(4-7)21-6-11(17)15-8/h2-4,9,16H,5-6H2,1H3,(H,14,18)(H,15,17). The van der Waals surface area contributed by atoms with E-state index in [0.717, 1.165) is 7.11 Å². The number of esters is 1. The molecule has 1 aliphatic rings. The largest absolute Gasteiger partial charge is 0.482 e. The van der Waals surface area contributed by atoms with Crippen LogP contribution in [-0.4, -0.2) is 49.3 Å². The lowest BCUT2D eigenvalue weighted by Crippen LogP contribution is -2.37. The van der Waals surface area contributed by atoms with Gasteiger partial charge in [0.15, 0.2) is 12.7 Å². The van der Waals surface area contributed by atoms with E-state index >= 15 is 0 Å². The highest BCUT2D eigenvalue weighted by Gasteiger charge is 2.19. The average molecular weight is 294 g/mol. The number of rotatable bonds is 4. The summed E-state index contributed by atoms with van der Waals surface area (Å²) in [4.78, 5) is 34.0. The lowest BCUT2D eigenvalue weighted by Gasteiger charge is -2.18. The van der Waals surface area contributed by atoms with Gasteiger partial charge in [0, 0.05) is 5.56 Å². The van der Waals surface area contributed by atoms with Crippen LogP contribution in [0.1, 0.15) is 10.4 Å². The number of aliphatic hydroxyl groups is 1. The summed E-state index contributed by atoms with van der Waals surface area (Å²) >= 11 is 0. The summed E-state index contributed by atoms with van der Waals surface area (Å²) in [7, 11) is 1.14.